The van der Waals surface area contributed by atoms with Crippen molar-refractivity contribution in [1.29, 1.82) is 0 Å². The van der Waals surface area contributed by atoms with Crippen molar-refractivity contribution >= 4 is 33.6 Å². The average Bonchev–Trinajstić information content (AvgIpc) is 2.89. The van der Waals surface area contributed by atoms with Crippen LogP contribution in [-0.4, -0.2) is 16.1 Å². The molecule has 0 aromatic heterocycles. The molecule has 0 N–H and O–H groups in total. The van der Waals surface area contributed by atoms with Gasteiger partial charge in [-0.3, -0.25) is 0 Å². The number of hydrogen-bond donors (Lipinski definition) is 0. The molecule has 120 valence electrons. The van der Waals surface area contributed by atoms with Crippen LogP contribution in [0.2, 0.25) is 0 Å². The lowest BCUT2D eigenvalue weighted by Crippen LogP contribution is -2.48. The van der Waals surface area contributed by atoms with Gasteiger partial charge in [0.1, 0.15) is 19.6 Å². The number of alkyl halides is 1. The number of nitrogens with zero attached hydrogens (tertiary/aromatic N) is 1. The summed E-state index contributed by atoms with van der Waals surface area (Å²) in [6.07, 6.45) is -0.278. The van der Waals surface area contributed by atoms with Crippen LogP contribution in [0.3, 0.4) is 0 Å². The third kappa shape index (κ3) is 3.44. The van der Waals surface area contributed by atoms with Crippen molar-refractivity contribution in [2.45, 2.75) is 32.1 Å². The van der Waals surface area contributed by atoms with Crippen molar-refractivity contribution in [2.24, 2.45) is 0 Å². The molecule has 1 amide bonds. The van der Waals surface area contributed by atoms with E-state index in [1.807, 2.05) is 42.5 Å². The molecular weight excluding hydrogens is 378 g/mol. The van der Waals surface area contributed by atoms with Crippen molar-refractivity contribution in [3.8, 4) is 0 Å². The highest BCUT2D eigenvalue weighted by atomic mass is 79.9. The molecule has 1 aliphatic heterocycles. The average molecular weight is 396 g/mol. The maximum absolute atomic E-state index is 12.8. The lowest BCUT2D eigenvalue weighted by Gasteiger charge is -2.30. The normalized spacial score (nSPS) is 20.8. The first-order valence-corrected chi connectivity index (χ1v) is 8.75. The summed E-state index contributed by atoms with van der Waals surface area (Å²) in [5.41, 5.74) is 2.81. The van der Waals surface area contributed by atoms with E-state index >= 15 is 0 Å². The van der Waals surface area contributed by atoms with Crippen LogP contribution in [0.15, 0.2) is 53.0 Å². The standard InChI is InChI=1S/C18H18BrClNO2/c1-13(20)23-18(22)21(10-14-6-3-2-4-7-14)11-15-8-5-9-17(19)16(15)12-21/h2-9,13H,10-12H2,1H3/q+1. The van der Waals surface area contributed by atoms with Gasteiger partial charge in [0.15, 0.2) is 5.56 Å². The van der Waals surface area contributed by atoms with Crippen molar-refractivity contribution in [3.05, 3.63) is 69.7 Å². The minimum absolute atomic E-state index is 0.207. The molecule has 0 radical (unpaired) electrons. The van der Waals surface area contributed by atoms with Crippen molar-refractivity contribution in [2.75, 3.05) is 0 Å². The summed E-state index contributed by atoms with van der Waals surface area (Å²) < 4.78 is 6.61. The number of carbonyl (C=O) groups excluding carboxylic acids is 1. The van der Waals surface area contributed by atoms with Gasteiger partial charge in [0.25, 0.3) is 0 Å². The summed E-state index contributed by atoms with van der Waals surface area (Å²) in [5.74, 6) is 0. The highest BCUT2D eigenvalue weighted by molar-refractivity contribution is 9.10. The van der Waals surface area contributed by atoms with E-state index in [0.717, 1.165) is 10.0 Å². The van der Waals surface area contributed by atoms with Gasteiger partial charge in [-0.05, 0) is 13.0 Å². The molecule has 1 heterocycles. The summed E-state index contributed by atoms with van der Waals surface area (Å²) in [7, 11) is 0. The number of ether oxygens (including phenoxy) is 1. The lowest BCUT2D eigenvalue weighted by atomic mass is 10.1. The van der Waals surface area contributed by atoms with Crippen molar-refractivity contribution < 1.29 is 14.0 Å². The third-order valence-corrected chi connectivity index (χ3v) is 4.96. The fraction of sp³-hybridized carbons (Fsp3) is 0.278. The van der Waals surface area contributed by atoms with E-state index < -0.39 is 5.56 Å². The molecule has 2 unspecified atom stereocenters. The molecule has 3 rings (SSSR count). The van der Waals surface area contributed by atoms with Crippen LogP contribution in [0, 0.1) is 0 Å². The lowest BCUT2D eigenvalue weighted by molar-refractivity contribution is -0.890. The Labute approximate surface area is 149 Å². The summed E-state index contributed by atoms with van der Waals surface area (Å²) in [4.78, 5) is 12.8. The molecule has 2 atom stereocenters. The van der Waals surface area contributed by atoms with Gasteiger partial charge >= 0.3 is 6.09 Å². The smallest absolute Gasteiger partial charge is 0.401 e. The van der Waals surface area contributed by atoms with Crippen LogP contribution in [0.4, 0.5) is 4.79 Å². The Bertz CT molecular complexity index is 720. The molecule has 5 heteroatoms. The summed E-state index contributed by atoms with van der Waals surface area (Å²) >= 11 is 9.49. The van der Waals surface area contributed by atoms with E-state index in [1.54, 1.807) is 6.92 Å². The Hall–Kier alpha value is -1.36. The van der Waals surface area contributed by atoms with E-state index in [1.165, 1.54) is 11.1 Å². The number of fused-ring (bicyclic) bond motifs is 1. The molecule has 0 fully saturated rings. The first-order valence-electron chi connectivity index (χ1n) is 7.52. The second-order valence-electron chi connectivity index (χ2n) is 5.91. The fourth-order valence-electron chi connectivity index (χ4n) is 3.10. The Morgan fingerprint density at radius 3 is 2.61 bits per heavy atom. The van der Waals surface area contributed by atoms with Gasteiger partial charge in [0.05, 0.1) is 0 Å². The van der Waals surface area contributed by atoms with Gasteiger partial charge in [0.2, 0.25) is 0 Å². The highest BCUT2D eigenvalue weighted by Gasteiger charge is 2.46. The van der Waals surface area contributed by atoms with Crippen molar-refractivity contribution in [1.82, 2.24) is 0 Å². The monoisotopic (exact) mass is 394 g/mol. The van der Waals surface area contributed by atoms with Crippen LogP contribution >= 0.6 is 27.5 Å². The largest absolute Gasteiger partial charge is 0.518 e. The Kier molecular flexibility index (Phi) is 4.76. The maximum Gasteiger partial charge on any atom is 0.518 e. The molecule has 3 nitrogen and oxygen atoms in total. The number of carbonyl (C=O) groups is 1. The Morgan fingerprint density at radius 2 is 1.96 bits per heavy atom. The molecular formula is C18H18BrClNO2+. The number of quaternary nitrogens is 1. The van der Waals surface area contributed by atoms with Crippen LogP contribution in [0.1, 0.15) is 23.6 Å². The van der Waals surface area contributed by atoms with E-state index in [4.69, 9.17) is 16.3 Å². The molecule has 1 aliphatic rings. The predicted molar refractivity (Wildman–Crippen MR) is 93.8 cm³/mol. The number of halogens is 2. The fourth-order valence-corrected chi connectivity index (χ4v) is 3.71. The molecule has 0 bridgehead atoms. The quantitative estimate of drug-likeness (QED) is 0.527. The molecule has 2 aromatic rings. The number of hydrogen-bond acceptors (Lipinski definition) is 2. The van der Waals surface area contributed by atoms with E-state index in [2.05, 4.69) is 22.0 Å². The van der Waals surface area contributed by atoms with Gasteiger partial charge in [0, 0.05) is 21.2 Å². The Morgan fingerprint density at radius 1 is 1.22 bits per heavy atom. The topological polar surface area (TPSA) is 26.3 Å². The summed E-state index contributed by atoms with van der Waals surface area (Å²) in [5, 5.41) is 0. The molecule has 0 spiro atoms. The van der Waals surface area contributed by atoms with E-state index in [0.29, 0.717) is 19.6 Å². The first kappa shape index (κ1) is 16.5. The van der Waals surface area contributed by atoms with Crippen LogP contribution in [-0.2, 0) is 24.4 Å². The zero-order valence-electron chi connectivity index (χ0n) is 12.8. The SMILES string of the molecule is CC(Cl)OC(=O)[N+]1(Cc2ccccc2)Cc2cccc(Br)c2C1. The number of rotatable bonds is 3. The summed E-state index contributed by atoms with van der Waals surface area (Å²) in [6.45, 7) is 3.47. The molecule has 0 saturated carbocycles. The minimum atomic E-state index is -0.638. The first-order chi connectivity index (χ1) is 11.0. The zero-order chi connectivity index (χ0) is 16.4. The predicted octanol–water partition coefficient (Wildman–Crippen LogP) is 5.20. The second kappa shape index (κ2) is 6.63. The maximum atomic E-state index is 12.8. The molecule has 0 aliphatic carbocycles. The number of benzene rings is 2. The van der Waals surface area contributed by atoms with Crippen LogP contribution in [0.5, 0.6) is 0 Å². The minimum Gasteiger partial charge on any atom is -0.401 e. The summed E-state index contributed by atoms with van der Waals surface area (Å²) in [6, 6.07) is 16.1. The van der Waals surface area contributed by atoms with Crippen molar-refractivity contribution in [3.63, 3.8) is 0 Å². The molecule has 2 aromatic carbocycles. The van der Waals surface area contributed by atoms with Gasteiger partial charge in [-0.1, -0.05) is 70.0 Å². The van der Waals surface area contributed by atoms with Crippen LogP contribution < -0.4 is 0 Å². The van der Waals surface area contributed by atoms with Gasteiger partial charge in [-0.15, -0.1) is 0 Å². The van der Waals surface area contributed by atoms with Crippen LogP contribution in [0.25, 0.3) is 0 Å². The van der Waals surface area contributed by atoms with Gasteiger partial charge < -0.3 is 4.74 Å². The van der Waals surface area contributed by atoms with E-state index in [9.17, 15) is 4.79 Å². The van der Waals surface area contributed by atoms with Gasteiger partial charge in [-0.25, -0.2) is 4.48 Å². The molecule has 23 heavy (non-hydrogen) atoms. The number of amides is 1. The molecule has 0 saturated heterocycles. The second-order valence-corrected chi connectivity index (χ2v) is 7.38. The Balaban J connectivity index is 1.96. The zero-order valence-corrected chi connectivity index (χ0v) is 15.2. The van der Waals surface area contributed by atoms with Gasteiger partial charge in [-0.2, -0.15) is 4.79 Å². The highest BCUT2D eigenvalue weighted by Crippen LogP contribution is 2.37. The third-order valence-electron chi connectivity index (χ3n) is 4.13. The van der Waals surface area contributed by atoms with E-state index in [-0.39, 0.29) is 10.6 Å².